The number of ether oxygens (including phenoxy) is 1. The third-order valence-corrected chi connectivity index (χ3v) is 4.60. The molecule has 1 N–H and O–H groups in total. The number of pyridine rings is 1. The molecule has 3 aromatic carbocycles. The van der Waals surface area contributed by atoms with Crippen LogP contribution in [0.1, 0.15) is 29.8 Å². The molecule has 1 heterocycles. The van der Waals surface area contributed by atoms with Crippen molar-refractivity contribution in [2.24, 2.45) is 5.10 Å². The third kappa shape index (κ3) is 11.6. The van der Waals surface area contributed by atoms with Crippen molar-refractivity contribution in [3.05, 3.63) is 114 Å². The molecule has 4 aromatic rings. The van der Waals surface area contributed by atoms with Crippen LogP contribution in [0.2, 0.25) is 0 Å². The zero-order chi connectivity index (χ0) is 27.0. The fraction of sp³-hybridized carbons (Fsp3) is 0.103. The van der Waals surface area contributed by atoms with E-state index in [4.69, 9.17) is 14.6 Å². The number of fused-ring (bicyclic) bond motifs is 1. The van der Waals surface area contributed by atoms with Gasteiger partial charge in [0.2, 0.25) is 0 Å². The van der Waals surface area contributed by atoms with E-state index >= 15 is 0 Å². The number of amides is 1. The van der Waals surface area contributed by atoms with Gasteiger partial charge in [0, 0.05) is 23.1 Å². The number of allylic oxidation sites excluding steroid dienone is 1. The molecule has 1 aromatic heterocycles. The number of benzene rings is 3. The molecule has 9 heteroatoms. The molecule has 0 radical (unpaired) electrons. The van der Waals surface area contributed by atoms with E-state index in [0.29, 0.717) is 22.6 Å². The van der Waals surface area contributed by atoms with Crippen molar-refractivity contribution in [2.75, 3.05) is 7.11 Å². The number of carbonyl (C=O) groups is 2. The standard InChI is InChI=1S/C18H18N2O3.C9H7N.C2H4O2.Zn/c1-13(12-17(21)14-6-4-3-5-7-14)19-20-18(22)15-8-10-16(23-2)11-9-15;1-2-6-9-8(4-1)5-3-7-10-9;1-2(3)4;/h3-12,21H,1-2H3,(H,20,22);1-7H;1H3,(H,3,4);/q;;;+2/p-2/b17-12-,19-13+;;;. The molecule has 8 nitrogen and oxygen atoms in total. The van der Waals surface area contributed by atoms with Crippen molar-refractivity contribution in [3.8, 4) is 5.75 Å². The summed E-state index contributed by atoms with van der Waals surface area (Å²) in [5, 5.41) is 26.0. The van der Waals surface area contributed by atoms with E-state index in [2.05, 4.69) is 27.6 Å². The first-order valence-electron chi connectivity index (χ1n) is 11.2. The Morgan fingerprint density at radius 2 is 1.42 bits per heavy atom. The molecule has 0 aliphatic rings. The van der Waals surface area contributed by atoms with Gasteiger partial charge >= 0.3 is 19.5 Å². The van der Waals surface area contributed by atoms with E-state index < -0.39 is 5.97 Å². The number of carboxylic acids is 1. The van der Waals surface area contributed by atoms with E-state index in [1.54, 1.807) is 62.6 Å². The SMILES string of the molecule is CC(=O)[O-].COc1ccc(C(=O)N/N=C(C)/C=C(\[O-])c2ccccc2)cc1.[Zn+2].c1ccc2ncccc2c1. The summed E-state index contributed by atoms with van der Waals surface area (Å²) in [4.78, 5) is 25.0. The molecule has 0 saturated carbocycles. The summed E-state index contributed by atoms with van der Waals surface area (Å²) in [5.74, 6) is -0.930. The van der Waals surface area contributed by atoms with Gasteiger partial charge in [0.15, 0.2) is 0 Å². The Bertz CT molecular complexity index is 1290. The molecular weight excluding hydrogens is 536 g/mol. The second-order valence-corrected chi connectivity index (χ2v) is 7.48. The molecule has 0 spiro atoms. The Balaban J connectivity index is 0.000000395. The topological polar surface area (TPSA) is 127 Å². The molecule has 38 heavy (non-hydrogen) atoms. The number of aliphatic carboxylic acids is 1. The molecule has 0 unspecified atom stereocenters. The molecule has 0 atom stereocenters. The summed E-state index contributed by atoms with van der Waals surface area (Å²) in [6.07, 6.45) is 3.19. The summed E-state index contributed by atoms with van der Waals surface area (Å²) in [5.41, 5.74) is 4.92. The van der Waals surface area contributed by atoms with Crippen LogP contribution in [0.4, 0.5) is 0 Å². The summed E-state index contributed by atoms with van der Waals surface area (Å²) in [7, 11) is 1.56. The molecule has 0 aliphatic heterocycles. The van der Waals surface area contributed by atoms with Gasteiger partial charge in [-0.3, -0.25) is 9.78 Å². The smallest absolute Gasteiger partial charge is 0.872 e. The average molecular weight is 563 g/mol. The van der Waals surface area contributed by atoms with Crippen LogP contribution in [0.5, 0.6) is 5.75 Å². The zero-order valence-corrected chi connectivity index (χ0v) is 24.4. The minimum atomic E-state index is -1.08. The first-order valence-corrected chi connectivity index (χ1v) is 11.2. The van der Waals surface area contributed by atoms with Crippen LogP contribution >= 0.6 is 0 Å². The van der Waals surface area contributed by atoms with Gasteiger partial charge < -0.3 is 19.7 Å². The monoisotopic (exact) mass is 561 g/mol. The Hall–Kier alpha value is -4.36. The third-order valence-electron chi connectivity index (χ3n) is 4.60. The molecule has 0 bridgehead atoms. The fourth-order valence-corrected chi connectivity index (χ4v) is 2.87. The second kappa shape index (κ2) is 17.2. The quantitative estimate of drug-likeness (QED) is 0.172. The van der Waals surface area contributed by atoms with Crippen LogP contribution in [-0.4, -0.2) is 29.7 Å². The Labute approximate surface area is 234 Å². The summed E-state index contributed by atoms with van der Waals surface area (Å²) in [6, 6.07) is 27.6. The summed E-state index contributed by atoms with van der Waals surface area (Å²) >= 11 is 0. The van der Waals surface area contributed by atoms with E-state index in [-0.39, 0.29) is 31.1 Å². The van der Waals surface area contributed by atoms with E-state index in [9.17, 15) is 9.90 Å². The minimum Gasteiger partial charge on any atom is -0.872 e. The number of aromatic nitrogens is 1. The van der Waals surface area contributed by atoms with Gasteiger partial charge in [-0.2, -0.15) is 5.10 Å². The van der Waals surface area contributed by atoms with Gasteiger partial charge in [-0.1, -0.05) is 60.4 Å². The van der Waals surface area contributed by atoms with Crippen molar-refractivity contribution in [1.29, 1.82) is 0 Å². The predicted octanol–water partition coefficient (Wildman–Crippen LogP) is 3.19. The maximum Gasteiger partial charge on any atom is 2.00 e. The van der Waals surface area contributed by atoms with Crippen molar-refractivity contribution < 1.29 is 44.0 Å². The van der Waals surface area contributed by atoms with E-state index in [1.807, 2.05) is 36.5 Å². The van der Waals surface area contributed by atoms with Crippen LogP contribution in [0, 0.1) is 0 Å². The maximum atomic E-state index is 12.0. The minimum absolute atomic E-state index is 0. The number of carbonyl (C=O) groups excluding carboxylic acids is 2. The molecule has 0 fully saturated rings. The van der Waals surface area contributed by atoms with Crippen molar-refractivity contribution in [3.63, 3.8) is 0 Å². The second-order valence-electron chi connectivity index (χ2n) is 7.48. The normalized spacial score (nSPS) is 10.5. The molecule has 0 aliphatic carbocycles. The van der Waals surface area contributed by atoms with Crippen LogP contribution in [0.25, 0.3) is 16.7 Å². The van der Waals surface area contributed by atoms with Crippen LogP contribution in [0.15, 0.2) is 108 Å². The summed E-state index contributed by atoms with van der Waals surface area (Å²) < 4.78 is 5.03. The van der Waals surface area contributed by atoms with Gasteiger partial charge in [-0.15, -0.1) is 0 Å². The first kappa shape index (κ1) is 31.7. The van der Waals surface area contributed by atoms with Gasteiger partial charge in [0.25, 0.3) is 5.91 Å². The molecule has 190 valence electrons. The van der Waals surface area contributed by atoms with Crippen LogP contribution < -0.4 is 20.4 Å². The molecule has 1 amide bonds. The largest absolute Gasteiger partial charge is 2.00 e. The van der Waals surface area contributed by atoms with E-state index in [1.165, 1.54) is 11.5 Å². The fourth-order valence-electron chi connectivity index (χ4n) is 2.87. The molecule has 0 saturated heterocycles. The number of para-hydroxylation sites is 1. The number of nitrogens with one attached hydrogen (secondary N) is 1. The Morgan fingerprint density at radius 3 is 2.03 bits per heavy atom. The number of carboxylic acid groups (broad SMARTS) is 1. The van der Waals surface area contributed by atoms with Gasteiger partial charge in [-0.05, 0) is 61.9 Å². The Morgan fingerprint density at radius 1 is 0.842 bits per heavy atom. The van der Waals surface area contributed by atoms with Gasteiger partial charge in [0.1, 0.15) is 5.75 Å². The predicted molar refractivity (Wildman–Crippen MR) is 140 cm³/mol. The maximum absolute atomic E-state index is 12.0. The number of rotatable bonds is 5. The first-order chi connectivity index (χ1) is 17.8. The van der Waals surface area contributed by atoms with Crippen LogP contribution in [0.3, 0.4) is 0 Å². The summed E-state index contributed by atoms with van der Waals surface area (Å²) in [6.45, 7) is 2.62. The zero-order valence-electron chi connectivity index (χ0n) is 21.5. The van der Waals surface area contributed by atoms with Gasteiger partial charge in [-0.25, -0.2) is 5.43 Å². The van der Waals surface area contributed by atoms with Crippen molar-refractivity contribution in [1.82, 2.24) is 10.4 Å². The van der Waals surface area contributed by atoms with Crippen molar-refractivity contribution in [2.45, 2.75) is 13.8 Å². The molecule has 4 rings (SSSR count). The molecular formula is C29H27N3O5Zn. The number of methoxy groups -OCH3 is 1. The van der Waals surface area contributed by atoms with Crippen molar-refractivity contribution >= 4 is 34.3 Å². The number of hydrogen-bond acceptors (Lipinski definition) is 7. The van der Waals surface area contributed by atoms with E-state index in [0.717, 1.165) is 12.4 Å². The number of hydrogen-bond donors (Lipinski definition) is 1. The number of nitrogens with zero attached hydrogens (tertiary/aromatic N) is 2. The average Bonchev–Trinajstić information content (AvgIpc) is 2.92. The van der Waals surface area contributed by atoms with Gasteiger partial charge in [0.05, 0.1) is 18.3 Å². The van der Waals surface area contributed by atoms with Crippen LogP contribution in [-0.2, 0) is 24.3 Å². The number of hydrazone groups is 1. The Kier molecular flexibility index (Phi) is 14.3.